The van der Waals surface area contributed by atoms with E-state index in [1.807, 2.05) is 13.8 Å². The molecule has 0 radical (unpaired) electrons. The maximum Gasteiger partial charge on any atom is 0.236 e. The number of rotatable bonds is 5. The third-order valence-electron chi connectivity index (χ3n) is 4.51. The summed E-state index contributed by atoms with van der Waals surface area (Å²) in [5, 5.41) is 8.87. The van der Waals surface area contributed by atoms with Crippen LogP contribution in [0.2, 0.25) is 0 Å². The number of carbonyl (C=O) groups is 1. The topological polar surface area (TPSA) is 56.6 Å². The van der Waals surface area contributed by atoms with Crippen molar-refractivity contribution in [2.75, 3.05) is 45.9 Å². The molecule has 2 aliphatic rings. The number of likely N-dealkylation sites (tertiary alicyclic amines) is 1. The molecule has 2 rings (SSSR count). The van der Waals surface area contributed by atoms with Crippen molar-refractivity contribution >= 4 is 5.91 Å². The van der Waals surface area contributed by atoms with Crippen LogP contribution >= 0.6 is 0 Å². The van der Waals surface area contributed by atoms with Gasteiger partial charge in [-0.1, -0.05) is 0 Å². The van der Waals surface area contributed by atoms with E-state index in [2.05, 4.69) is 11.0 Å². The van der Waals surface area contributed by atoms with Gasteiger partial charge in [-0.25, -0.2) is 0 Å². The summed E-state index contributed by atoms with van der Waals surface area (Å²) in [6.45, 7) is 9.19. The number of nitriles is 1. The Labute approximate surface area is 121 Å². The van der Waals surface area contributed by atoms with Crippen molar-refractivity contribution in [2.24, 2.45) is 11.3 Å². The largest absolute Gasteiger partial charge is 0.381 e. The summed E-state index contributed by atoms with van der Waals surface area (Å²) in [5.74, 6) is 0.0395. The molecular weight excluding hydrogens is 254 g/mol. The van der Waals surface area contributed by atoms with E-state index in [4.69, 9.17) is 10.00 Å². The monoisotopic (exact) mass is 279 g/mol. The maximum atomic E-state index is 12.3. The fourth-order valence-electron chi connectivity index (χ4n) is 3.20. The highest BCUT2D eigenvalue weighted by Gasteiger charge is 2.41. The van der Waals surface area contributed by atoms with Gasteiger partial charge in [-0.05, 0) is 33.2 Å². The van der Waals surface area contributed by atoms with Crippen molar-refractivity contribution in [3.8, 4) is 6.07 Å². The molecule has 0 saturated carbocycles. The number of nitrogens with zero attached hydrogens (tertiary/aromatic N) is 3. The van der Waals surface area contributed by atoms with Crippen LogP contribution in [0, 0.1) is 22.7 Å². The van der Waals surface area contributed by atoms with Crippen LogP contribution in [0.25, 0.3) is 0 Å². The zero-order valence-corrected chi connectivity index (χ0v) is 12.6. The molecule has 112 valence electrons. The standard InChI is InChI=1S/C15H25N3O2/c1-3-18(9-13(2)8-16)14(19)10-17-6-4-15(11-17)5-7-20-12-15/h13H,3-7,9-12H2,1-2H3/t13-,15+/m0/s1. The quantitative estimate of drug-likeness (QED) is 0.756. The molecule has 0 bridgehead atoms. The summed E-state index contributed by atoms with van der Waals surface area (Å²) < 4.78 is 5.51. The fourth-order valence-corrected chi connectivity index (χ4v) is 3.20. The van der Waals surface area contributed by atoms with Gasteiger partial charge in [-0.2, -0.15) is 5.26 Å². The van der Waals surface area contributed by atoms with Crippen molar-refractivity contribution < 1.29 is 9.53 Å². The average Bonchev–Trinajstić information content (AvgIpc) is 3.06. The van der Waals surface area contributed by atoms with E-state index >= 15 is 0 Å². The van der Waals surface area contributed by atoms with Crippen molar-refractivity contribution in [1.82, 2.24) is 9.80 Å². The molecule has 20 heavy (non-hydrogen) atoms. The molecule has 0 aromatic heterocycles. The molecule has 0 aromatic carbocycles. The first kappa shape index (κ1) is 15.3. The third kappa shape index (κ3) is 3.50. The molecule has 2 aliphatic heterocycles. The van der Waals surface area contributed by atoms with Gasteiger partial charge in [-0.3, -0.25) is 9.69 Å². The van der Waals surface area contributed by atoms with Gasteiger partial charge in [0.2, 0.25) is 5.91 Å². The molecule has 0 unspecified atom stereocenters. The first-order valence-corrected chi connectivity index (χ1v) is 7.56. The van der Waals surface area contributed by atoms with Crippen LogP contribution in [-0.4, -0.2) is 61.6 Å². The zero-order valence-electron chi connectivity index (χ0n) is 12.6. The Morgan fingerprint density at radius 1 is 1.55 bits per heavy atom. The molecule has 0 N–H and O–H groups in total. The normalized spacial score (nSPS) is 27.6. The Balaban J connectivity index is 1.83. The lowest BCUT2D eigenvalue weighted by Gasteiger charge is -2.26. The van der Waals surface area contributed by atoms with Crippen LogP contribution in [-0.2, 0) is 9.53 Å². The first-order chi connectivity index (χ1) is 9.58. The lowest BCUT2D eigenvalue weighted by Crippen LogP contribution is -2.42. The Hall–Kier alpha value is -1.12. The van der Waals surface area contributed by atoms with E-state index in [9.17, 15) is 4.79 Å². The number of amides is 1. The molecule has 1 spiro atoms. The van der Waals surface area contributed by atoms with Crippen LogP contribution < -0.4 is 0 Å². The second kappa shape index (κ2) is 6.55. The number of ether oxygens (including phenoxy) is 1. The second-order valence-corrected chi connectivity index (χ2v) is 6.23. The van der Waals surface area contributed by atoms with E-state index in [-0.39, 0.29) is 11.8 Å². The first-order valence-electron chi connectivity index (χ1n) is 7.56. The van der Waals surface area contributed by atoms with Gasteiger partial charge >= 0.3 is 0 Å². The molecular formula is C15H25N3O2. The van der Waals surface area contributed by atoms with Gasteiger partial charge in [-0.15, -0.1) is 0 Å². The van der Waals surface area contributed by atoms with E-state index in [1.165, 1.54) is 0 Å². The van der Waals surface area contributed by atoms with Gasteiger partial charge in [0.15, 0.2) is 0 Å². The number of likely N-dealkylation sites (N-methyl/N-ethyl adjacent to an activating group) is 1. The van der Waals surface area contributed by atoms with Crippen LogP contribution in [0.15, 0.2) is 0 Å². The van der Waals surface area contributed by atoms with Crippen LogP contribution in [0.5, 0.6) is 0 Å². The molecule has 2 heterocycles. The number of hydrogen-bond acceptors (Lipinski definition) is 4. The summed E-state index contributed by atoms with van der Waals surface area (Å²) in [6.07, 6.45) is 2.27. The summed E-state index contributed by atoms with van der Waals surface area (Å²) >= 11 is 0. The van der Waals surface area contributed by atoms with E-state index in [1.54, 1.807) is 4.90 Å². The Kier molecular flexibility index (Phi) is 5.00. The van der Waals surface area contributed by atoms with E-state index < -0.39 is 0 Å². The van der Waals surface area contributed by atoms with Gasteiger partial charge in [0.25, 0.3) is 0 Å². The second-order valence-electron chi connectivity index (χ2n) is 6.23. The fraction of sp³-hybridized carbons (Fsp3) is 0.867. The van der Waals surface area contributed by atoms with Crippen molar-refractivity contribution in [3.05, 3.63) is 0 Å². The summed E-state index contributed by atoms with van der Waals surface area (Å²) in [5.41, 5.74) is 0.303. The highest BCUT2D eigenvalue weighted by molar-refractivity contribution is 5.78. The van der Waals surface area contributed by atoms with Crippen molar-refractivity contribution in [1.29, 1.82) is 5.26 Å². The predicted octanol–water partition coefficient (Wildman–Crippen LogP) is 1.11. The zero-order chi connectivity index (χ0) is 14.6. The summed E-state index contributed by atoms with van der Waals surface area (Å²) in [7, 11) is 0. The minimum atomic E-state index is -0.105. The average molecular weight is 279 g/mol. The molecule has 2 atom stereocenters. The van der Waals surface area contributed by atoms with Crippen molar-refractivity contribution in [2.45, 2.75) is 26.7 Å². The molecule has 5 heteroatoms. The van der Waals surface area contributed by atoms with E-state index in [0.717, 1.165) is 39.1 Å². The maximum absolute atomic E-state index is 12.3. The van der Waals surface area contributed by atoms with Gasteiger partial charge in [0.05, 0.1) is 25.1 Å². The Morgan fingerprint density at radius 2 is 2.35 bits per heavy atom. The van der Waals surface area contributed by atoms with Crippen molar-refractivity contribution in [3.63, 3.8) is 0 Å². The number of carbonyl (C=O) groups excluding carboxylic acids is 1. The smallest absolute Gasteiger partial charge is 0.236 e. The minimum Gasteiger partial charge on any atom is -0.381 e. The van der Waals surface area contributed by atoms with Gasteiger partial charge in [0, 0.05) is 31.7 Å². The Morgan fingerprint density at radius 3 is 2.95 bits per heavy atom. The summed E-state index contributed by atoms with van der Waals surface area (Å²) in [4.78, 5) is 16.4. The van der Waals surface area contributed by atoms with E-state index in [0.29, 0.717) is 25.0 Å². The predicted molar refractivity (Wildman–Crippen MR) is 76.0 cm³/mol. The van der Waals surface area contributed by atoms with Crippen LogP contribution in [0.3, 0.4) is 0 Å². The summed E-state index contributed by atoms with van der Waals surface area (Å²) in [6, 6.07) is 2.19. The SMILES string of the molecule is CCN(C[C@@H](C)C#N)C(=O)CN1CC[C@@]2(CCOC2)C1. The van der Waals surface area contributed by atoms with Gasteiger partial charge < -0.3 is 9.64 Å². The van der Waals surface area contributed by atoms with Crippen LogP contribution in [0.1, 0.15) is 26.7 Å². The highest BCUT2D eigenvalue weighted by atomic mass is 16.5. The third-order valence-corrected chi connectivity index (χ3v) is 4.51. The molecule has 2 saturated heterocycles. The van der Waals surface area contributed by atoms with Crippen LogP contribution in [0.4, 0.5) is 0 Å². The Bertz CT molecular complexity index is 385. The molecule has 5 nitrogen and oxygen atoms in total. The molecule has 2 fully saturated rings. The van der Waals surface area contributed by atoms with Gasteiger partial charge in [0.1, 0.15) is 0 Å². The molecule has 1 amide bonds. The lowest BCUT2D eigenvalue weighted by molar-refractivity contribution is -0.132. The molecule has 0 aliphatic carbocycles. The number of hydrogen-bond donors (Lipinski definition) is 0. The minimum absolute atomic E-state index is 0.105. The highest BCUT2D eigenvalue weighted by Crippen LogP contribution is 2.37. The lowest BCUT2D eigenvalue weighted by atomic mass is 9.87. The molecule has 0 aromatic rings.